The first-order valence-corrected chi connectivity index (χ1v) is 3.81. The number of hydrogen-bond donors (Lipinski definition) is 0. The molecule has 0 aliphatic heterocycles. The molecule has 5 heteroatoms. The van der Waals surface area contributed by atoms with Crippen LogP contribution in [0.25, 0.3) is 0 Å². The minimum Gasteiger partial charge on any atom is -0.206 e. The van der Waals surface area contributed by atoms with Crippen LogP contribution >= 0.6 is 11.8 Å². The van der Waals surface area contributed by atoms with Gasteiger partial charge >= 0.3 is 5.51 Å². The molecular formula is C7H4F4S. The fraction of sp³-hybridized carbons (Fsp3) is 0.143. The molecule has 0 N–H and O–H groups in total. The fourth-order valence-electron chi connectivity index (χ4n) is 0.652. The maximum Gasteiger partial charge on any atom is 0.446 e. The summed E-state index contributed by atoms with van der Waals surface area (Å²) in [4.78, 5) is -0.398. The van der Waals surface area contributed by atoms with Crippen molar-refractivity contribution in [3.05, 3.63) is 30.1 Å². The molecule has 0 spiro atoms. The predicted molar refractivity (Wildman–Crippen MR) is 38.3 cm³/mol. The normalized spacial score (nSPS) is 11.7. The van der Waals surface area contributed by atoms with Crippen molar-refractivity contribution in [1.82, 2.24) is 0 Å². The lowest BCUT2D eigenvalue weighted by molar-refractivity contribution is -0.0329. The zero-order chi connectivity index (χ0) is 9.19. The summed E-state index contributed by atoms with van der Waals surface area (Å²) in [7, 11) is 0. The Morgan fingerprint density at radius 1 is 1.08 bits per heavy atom. The van der Waals surface area contributed by atoms with E-state index >= 15 is 0 Å². The van der Waals surface area contributed by atoms with E-state index < -0.39 is 28.0 Å². The van der Waals surface area contributed by atoms with E-state index in [1.54, 1.807) is 0 Å². The van der Waals surface area contributed by atoms with Gasteiger partial charge in [0.25, 0.3) is 0 Å². The third-order valence-electron chi connectivity index (χ3n) is 1.06. The highest BCUT2D eigenvalue weighted by atomic mass is 32.2. The number of thioether (sulfide) groups is 1. The van der Waals surface area contributed by atoms with Crippen molar-refractivity contribution in [3.63, 3.8) is 0 Å². The molecule has 1 aromatic carbocycles. The Morgan fingerprint density at radius 2 is 1.67 bits per heavy atom. The van der Waals surface area contributed by atoms with Crippen molar-refractivity contribution in [2.75, 3.05) is 0 Å². The molecule has 0 nitrogen and oxygen atoms in total. The van der Waals surface area contributed by atoms with Crippen LogP contribution in [0.2, 0.25) is 0 Å². The number of halogens is 4. The summed E-state index contributed by atoms with van der Waals surface area (Å²) >= 11 is -0.448. The third kappa shape index (κ3) is 2.73. The smallest absolute Gasteiger partial charge is 0.206 e. The molecule has 0 saturated carbocycles. The average molecular weight is 196 g/mol. The van der Waals surface area contributed by atoms with Crippen LogP contribution in [0.1, 0.15) is 0 Å². The molecule has 0 aromatic heterocycles. The maximum atomic E-state index is 12.6. The van der Waals surface area contributed by atoms with Gasteiger partial charge in [-0.25, -0.2) is 4.39 Å². The van der Waals surface area contributed by atoms with E-state index in [0.717, 1.165) is 12.1 Å². The first kappa shape index (κ1) is 9.38. The molecule has 0 atom stereocenters. The van der Waals surface area contributed by atoms with E-state index in [1.165, 1.54) is 12.1 Å². The Labute approximate surface area is 70.6 Å². The summed E-state index contributed by atoms with van der Waals surface area (Å²) < 4.78 is 47.8. The largest absolute Gasteiger partial charge is 0.446 e. The second-order valence-electron chi connectivity index (χ2n) is 1.98. The molecule has 0 fully saturated rings. The Hall–Kier alpha value is -0.710. The quantitative estimate of drug-likeness (QED) is 0.489. The molecule has 0 heterocycles. The second-order valence-corrected chi connectivity index (χ2v) is 3.09. The van der Waals surface area contributed by atoms with Crippen molar-refractivity contribution in [2.45, 2.75) is 10.4 Å². The lowest BCUT2D eigenvalue weighted by Crippen LogP contribution is -1.99. The molecule has 0 aliphatic rings. The van der Waals surface area contributed by atoms with E-state index in [4.69, 9.17) is 0 Å². The number of alkyl halides is 3. The molecule has 1 aromatic rings. The van der Waals surface area contributed by atoms with E-state index in [2.05, 4.69) is 0 Å². The molecule has 0 unspecified atom stereocenters. The van der Waals surface area contributed by atoms with Crippen LogP contribution in [0.3, 0.4) is 0 Å². The molecule has 1 rings (SSSR count). The fourth-order valence-corrected chi connectivity index (χ4v) is 1.21. The zero-order valence-corrected chi connectivity index (χ0v) is 6.55. The van der Waals surface area contributed by atoms with Gasteiger partial charge in [-0.2, -0.15) is 13.2 Å². The lowest BCUT2D eigenvalue weighted by atomic mass is 10.4. The summed E-state index contributed by atoms with van der Waals surface area (Å²) in [6.07, 6.45) is 0. The summed E-state index contributed by atoms with van der Waals surface area (Å²) in [5.41, 5.74) is -4.43. The Bertz CT molecular complexity index is 268. The van der Waals surface area contributed by atoms with Crippen LogP contribution in [-0.2, 0) is 0 Å². The lowest BCUT2D eigenvalue weighted by Gasteiger charge is -2.05. The van der Waals surface area contributed by atoms with Crippen LogP contribution in [0.5, 0.6) is 0 Å². The highest BCUT2D eigenvalue weighted by Crippen LogP contribution is 2.37. The highest BCUT2D eigenvalue weighted by molar-refractivity contribution is 8.00. The number of rotatable bonds is 1. The summed E-state index contributed by atoms with van der Waals surface area (Å²) in [6, 6.07) is 4.79. The third-order valence-corrected chi connectivity index (χ3v) is 1.84. The standard InChI is InChI=1S/C7H4F4S/c8-5-3-1-2-4-6(5)12-7(9,10)11/h1-4H. The van der Waals surface area contributed by atoms with Gasteiger partial charge in [0.2, 0.25) is 0 Å². The number of hydrogen-bond acceptors (Lipinski definition) is 1. The summed E-state index contributed by atoms with van der Waals surface area (Å²) in [6.45, 7) is 0. The van der Waals surface area contributed by atoms with Crippen molar-refractivity contribution in [3.8, 4) is 0 Å². The maximum absolute atomic E-state index is 12.6. The molecule has 0 bridgehead atoms. The molecule has 0 amide bonds. The van der Waals surface area contributed by atoms with Crippen LogP contribution in [0, 0.1) is 5.82 Å². The van der Waals surface area contributed by atoms with Crippen LogP contribution in [-0.4, -0.2) is 5.51 Å². The molecule has 66 valence electrons. The summed E-state index contributed by atoms with van der Waals surface area (Å²) in [5, 5.41) is 0. The van der Waals surface area contributed by atoms with Gasteiger partial charge in [-0.3, -0.25) is 0 Å². The van der Waals surface area contributed by atoms with Crippen LogP contribution in [0.15, 0.2) is 29.2 Å². The van der Waals surface area contributed by atoms with Gasteiger partial charge in [0, 0.05) is 0 Å². The molecule has 12 heavy (non-hydrogen) atoms. The van der Waals surface area contributed by atoms with Gasteiger partial charge < -0.3 is 0 Å². The molecular weight excluding hydrogens is 192 g/mol. The molecule has 0 radical (unpaired) electrons. The van der Waals surface area contributed by atoms with Gasteiger partial charge in [-0.1, -0.05) is 12.1 Å². The van der Waals surface area contributed by atoms with E-state index in [0.29, 0.717) is 0 Å². The topological polar surface area (TPSA) is 0 Å². The average Bonchev–Trinajstić information content (AvgIpc) is 1.91. The van der Waals surface area contributed by atoms with Crippen molar-refractivity contribution in [2.24, 2.45) is 0 Å². The Morgan fingerprint density at radius 3 is 2.17 bits per heavy atom. The minimum atomic E-state index is -4.43. The van der Waals surface area contributed by atoms with Gasteiger partial charge in [0.1, 0.15) is 5.82 Å². The van der Waals surface area contributed by atoms with Crippen LogP contribution < -0.4 is 0 Å². The van der Waals surface area contributed by atoms with Gasteiger partial charge in [-0.05, 0) is 23.9 Å². The monoisotopic (exact) mass is 196 g/mol. The van der Waals surface area contributed by atoms with E-state index in [9.17, 15) is 17.6 Å². The molecule has 0 saturated heterocycles. The Balaban J connectivity index is 2.83. The predicted octanol–water partition coefficient (Wildman–Crippen LogP) is 3.44. The van der Waals surface area contributed by atoms with Gasteiger partial charge in [0.15, 0.2) is 0 Å². The van der Waals surface area contributed by atoms with Crippen molar-refractivity contribution in [1.29, 1.82) is 0 Å². The second kappa shape index (κ2) is 3.35. The van der Waals surface area contributed by atoms with E-state index in [1.807, 2.05) is 0 Å². The summed E-state index contributed by atoms with van der Waals surface area (Å²) in [5.74, 6) is -0.847. The Kier molecular flexibility index (Phi) is 2.62. The van der Waals surface area contributed by atoms with E-state index in [-0.39, 0.29) is 0 Å². The molecule has 0 aliphatic carbocycles. The highest BCUT2D eigenvalue weighted by Gasteiger charge is 2.30. The minimum absolute atomic E-state index is 0.398. The first-order valence-electron chi connectivity index (χ1n) is 2.99. The van der Waals surface area contributed by atoms with Crippen molar-refractivity contribution < 1.29 is 17.6 Å². The van der Waals surface area contributed by atoms with Crippen LogP contribution in [0.4, 0.5) is 17.6 Å². The number of benzene rings is 1. The SMILES string of the molecule is Fc1ccccc1SC(F)(F)F. The van der Waals surface area contributed by atoms with Crippen molar-refractivity contribution >= 4 is 11.8 Å². The van der Waals surface area contributed by atoms with Gasteiger partial charge in [-0.15, -0.1) is 0 Å². The van der Waals surface area contributed by atoms with Gasteiger partial charge in [0.05, 0.1) is 4.90 Å². The first-order chi connectivity index (χ1) is 5.49. The zero-order valence-electron chi connectivity index (χ0n) is 5.73.